The van der Waals surface area contributed by atoms with E-state index in [-0.39, 0.29) is 4.44 Å². The van der Waals surface area contributed by atoms with E-state index in [2.05, 4.69) is 9.05 Å². The molecule has 0 aliphatic carbocycles. The first kappa shape index (κ1) is 12.3. The molecule has 2 unspecified atom stereocenters. The van der Waals surface area contributed by atoms with Crippen LogP contribution in [0.5, 0.6) is 0 Å². The summed E-state index contributed by atoms with van der Waals surface area (Å²) in [4.78, 5) is 17.8. The maximum absolute atomic E-state index is 10.9. The van der Waals surface area contributed by atoms with Crippen molar-refractivity contribution < 1.29 is 28.0 Å². The summed E-state index contributed by atoms with van der Waals surface area (Å²) >= 11 is 0. The summed E-state index contributed by atoms with van der Waals surface area (Å²) in [5, 5.41) is 0. The van der Waals surface area contributed by atoms with Crippen molar-refractivity contribution in [1.82, 2.24) is 4.44 Å². The minimum absolute atomic E-state index is 0.264. The predicted molar refractivity (Wildman–Crippen MR) is 41.4 cm³/mol. The molecule has 0 bridgehead atoms. The van der Waals surface area contributed by atoms with Crippen molar-refractivity contribution in [3.8, 4) is 0 Å². The maximum Gasteiger partial charge on any atom is 0.414 e. The van der Waals surface area contributed by atoms with Gasteiger partial charge in [-0.1, -0.05) is 0 Å². The molecule has 2 atom stereocenters. The van der Waals surface area contributed by atoms with Gasteiger partial charge in [-0.3, -0.25) is 9.05 Å². The van der Waals surface area contributed by atoms with Crippen molar-refractivity contribution in [2.75, 3.05) is 21.3 Å². The Balaban J connectivity index is 4.72. The van der Waals surface area contributed by atoms with Gasteiger partial charge in [0.1, 0.15) is 0 Å². The van der Waals surface area contributed by atoms with Gasteiger partial charge in [0.25, 0.3) is 0 Å². The molecule has 0 saturated heterocycles. The fourth-order valence-corrected chi connectivity index (χ4v) is 2.43. The highest BCUT2D eigenvalue weighted by molar-refractivity contribution is 7.65. The van der Waals surface area contributed by atoms with Crippen LogP contribution in [-0.2, 0) is 18.2 Å². The molecule has 0 fully saturated rings. The second-order valence-electron chi connectivity index (χ2n) is 1.84. The molecule has 0 amide bonds. The van der Waals surface area contributed by atoms with E-state index in [1.54, 1.807) is 0 Å². The first-order valence-electron chi connectivity index (χ1n) is 2.79. The Bertz CT molecular complexity index is 217. The molecular weight excluding hydrogens is 208 g/mol. The van der Waals surface area contributed by atoms with E-state index in [1.165, 1.54) is 0 Å². The summed E-state index contributed by atoms with van der Waals surface area (Å²) in [5.41, 5.74) is 0. The largest absolute Gasteiger partial charge is 0.414 e. The lowest BCUT2D eigenvalue weighted by Gasteiger charge is -2.23. The second kappa shape index (κ2) is 3.98. The Morgan fingerprint density at radius 2 is 1.33 bits per heavy atom. The van der Waals surface area contributed by atoms with Gasteiger partial charge in [-0.25, -0.2) is 9.13 Å². The zero-order valence-electron chi connectivity index (χ0n) is 6.87. The lowest BCUT2D eigenvalue weighted by Crippen LogP contribution is -2.13. The first-order chi connectivity index (χ1) is 5.28. The number of nitrogens with zero attached hydrogens (tertiary/aromatic N) is 1. The Morgan fingerprint density at radius 3 is 1.50 bits per heavy atom. The molecule has 0 aliphatic heterocycles. The van der Waals surface area contributed by atoms with Gasteiger partial charge in [0.2, 0.25) is 0 Å². The van der Waals surface area contributed by atoms with E-state index in [0.717, 1.165) is 21.3 Å². The minimum atomic E-state index is -4.21. The first-order valence-corrected chi connectivity index (χ1v) is 5.85. The molecule has 0 saturated carbocycles. The molecule has 9 heteroatoms. The van der Waals surface area contributed by atoms with Crippen molar-refractivity contribution in [3.05, 3.63) is 0 Å². The summed E-state index contributed by atoms with van der Waals surface area (Å²) in [6.07, 6.45) is 0. The minimum Gasteiger partial charge on any atom is -0.312 e. The highest BCUT2D eigenvalue weighted by Crippen LogP contribution is 2.61. The average molecular weight is 219 g/mol. The van der Waals surface area contributed by atoms with Crippen LogP contribution < -0.4 is 0 Å². The van der Waals surface area contributed by atoms with E-state index >= 15 is 0 Å². The van der Waals surface area contributed by atoms with Crippen LogP contribution in [0.2, 0.25) is 0 Å². The third kappa shape index (κ3) is 2.64. The van der Waals surface area contributed by atoms with Gasteiger partial charge in [-0.2, -0.15) is 0 Å². The van der Waals surface area contributed by atoms with Crippen LogP contribution in [0.1, 0.15) is 0 Å². The molecule has 12 heavy (non-hydrogen) atoms. The SMILES string of the molecule is COP(=O)(O)N(C)P(=O)(O)OC. The van der Waals surface area contributed by atoms with Crippen molar-refractivity contribution in [1.29, 1.82) is 0 Å². The summed E-state index contributed by atoms with van der Waals surface area (Å²) in [6.45, 7) is 0. The summed E-state index contributed by atoms with van der Waals surface area (Å²) in [5.74, 6) is 0. The Hall–Kier alpha value is 0.260. The van der Waals surface area contributed by atoms with Crippen molar-refractivity contribution in [2.45, 2.75) is 0 Å². The fraction of sp³-hybridized carbons (Fsp3) is 1.00. The average Bonchev–Trinajstić information content (AvgIpc) is 2.03. The molecule has 0 heterocycles. The number of rotatable bonds is 4. The Kier molecular flexibility index (Phi) is 4.07. The summed E-state index contributed by atoms with van der Waals surface area (Å²) in [6, 6.07) is 0. The van der Waals surface area contributed by atoms with E-state index in [4.69, 9.17) is 9.79 Å². The lowest BCUT2D eigenvalue weighted by atomic mass is 11.6. The van der Waals surface area contributed by atoms with E-state index < -0.39 is 15.5 Å². The third-order valence-electron chi connectivity index (χ3n) is 1.21. The molecule has 2 N–H and O–H groups in total. The standard InChI is InChI=1S/C3H11NO6P2/c1-4(11(5,6)9-2)12(7,8)10-3/h1-3H3,(H,5,6)(H,7,8). The Morgan fingerprint density at radius 1 is 1.08 bits per heavy atom. The fourth-order valence-electron chi connectivity index (χ4n) is 0.379. The molecule has 0 rings (SSSR count). The van der Waals surface area contributed by atoms with Crippen LogP contribution in [0, 0.1) is 0 Å². The summed E-state index contributed by atoms with van der Waals surface area (Å²) in [7, 11) is -5.56. The van der Waals surface area contributed by atoms with Crippen LogP contribution in [0.4, 0.5) is 0 Å². The van der Waals surface area contributed by atoms with Crippen LogP contribution in [-0.4, -0.2) is 35.5 Å². The zero-order chi connectivity index (χ0) is 9.99. The normalized spacial score (nSPS) is 21.8. The molecular formula is C3H11NO6P2. The van der Waals surface area contributed by atoms with Crippen molar-refractivity contribution in [2.24, 2.45) is 0 Å². The monoisotopic (exact) mass is 219 g/mol. The van der Waals surface area contributed by atoms with Crippen LogP contribution in [0.15, 0.2) is 0 Å². The molecule has 0 radical (unpaired) electrons. The molecule has 0 aliphatic rings. The predicted octanol–water partition coefficient (Wildman–Crippen LogP) is 0.412. The van der Waals surface area contributed by atoms with Crippen LogP contribution in [0.3, 0.4) is 0 Å². The van der Waals surface area contributed by atoms with Gasteiger partial charge in [0, 0.05) is 21.3 Å². The van der Waals surface area contributed by atoms with Gasteiger partial charge in [0.05, 0.1) is 0 Å². The van der Waals surface area contributed by atoms with Gasteiger partial charge in [0.15, 0.2) is 0 Å². The molecule has 74 valence electrons. The van der Waals surface area contributed by atoms with E-state index in [1.807, 2.05) is 0 Å². The quantitative estimate of drug-likeness (QED) is 0.661. The van der Waals surface area contributed by atoms with Crippen molar-refractivity contribution >= 4 is 15.5 Å². The van der Waals surface area contributed by atoms with Gasteiger partial charge in [-0.15, -0.1) is 4.44 Å². The van der Waals surface area contributed by atoms with Gasteiger partial charge >= 0.3 is 15.5 Å². The Labute approximate surface area is 70.1 Å². The molecule has 0 spiro atoms. The highest BCUT2D eigenvalue weighted by Gasteiger charge is 2.39. The van der Waals surface area contributed by atoms with Gasteiger partial charge < -0.3 is 9.79 Å². The smallest absolute Gasteiger partial charge is 0.312 e. The highest BCUT2D eigenvalue weighted by atomic mass is 31.3. The third-order valence-corrected chi connectivity index (χ3v) is 4.98. The zero-order valence-corrected chi connectivity index (χ0v) is 8.66. The topological polar surface area (TPSA) is 96.3 Å². The van der Waals surface area contributed by atoms with Crippen LogP contribution >= 0.6 is 15.5 Å². The molecule has 0 aromatic rings. The number of hydrogen-bond acceptors (Lipinski definition) is 4. The number of hydrogen-bond donors (Lipinski definition) is 2. The molecule has 7 nitrogen and oxygen atoms in total. The van der Waals surface area contributed by atoms with E-state index in [9.17, 15) is 9.13 Å². The molecule has 0 aromatic carbocycles. The van der Waals surface area contributed by atoms with Crippen LogP contribution in [0.25, 0.3) is 0 Å². The maximum atomic E-state index is 10.9. The second-order valence-corrected chi connectivity index (χ2v) is 6.04. The van der Waals surface area contributed by atoms with E-state index in [0.29, 0.717) is 0 Å². The van der Waals surface area contributed by atoms with Gasteiger partial charge in [-0.05, 0) is 0 Å². The lowest BCUT2D eigenvalue weighted by molar-refractivity contribution is 0.239. The molecule has 0 aromatic heterocycles. The summed E-state index contributed by atoms with van der Waals surface area (Å²) < 4.78 is 30.4. The van der Waals surface area contributed by atoms with Crippen molar-refractivity contribution in [3.63, 3.8) is 0 Å².